The van der Waals surface area contributed by atoms with Gasteiger partial charge in [-0.2, -0.15) is 0 Å². The zero-order valence-corrected chi connectivity index (χ0v) is 9.76. The van der Waals surface area contributed by atoms with Crippen LogP contribution in [-0.4, -0.2) is 43.8 Å². The SMILES string of the molecule is O=CNc1ccc(N2CCOCC2)c(C(=O)O)c1. The maximum Gasteiger partial charge on any atom is 0.337 e. The molecular formula is C12H14N2O4. The van der Waals surface area contributed by atoms with Crippen LogP contribution in [0.25, 0.3) is 0 Å². The third kappa shape index (κ3) is 2.60. The highest BCUT2D eigenvalue weighted by molar-refractivity contribution is 5.96. The Labute approximate surface area is 104 Å². The summed E-state index contributed by atoms with van der Waals surface area (Å²) in [5.74, 6) is -1.01. The number of carbonyl (C=O) groups excluding carboxylic acids is 1. The zero-order valence-electron chi connectivity index (χ0n) is 9.76. The predicted molar refractivity (Wildman–Crippen MR) is 66.1 cm³/mol. The van der Waals surface area contributed by atoms with Gasteiger partial charge in [-0.3, -0.25) is 4.79 Å². The first-order valence-electron chi connectivity index (χ1n) is 5.62. The first kappa shape index (κ1) is 12.4. The number of hydrogen-bond acceptors (Lipinski definition) is 4. The van der Waals surface area contributed by atoms with Crippen molar-refractivity contribution >= 4 is 23.8 Å². The van der Waals surface area contributed by atoms with Gasteiger partial charge in [0.2, 0.25) is 6.41 Å². The number of ether oxygens (including phenoxy) is 1. The molecule has 0 aliphatic carbocycles. The van der Waals surface area contributed by atoms with E-state index in [1.54, 1.807) is 12.1 Å². The summed E-state index contributed by atoms with van der Waals surface area (Å²) in [4.78, 5) is 23.6. The fraction of sp³-hybridized carbons (Fsp3) is 0.333. The summed E-state index contributed by atoms with van der Waals surface area (Å²) in [6.45, 7) is 2.52. The normalized spacial score (nSPS) is 15.2. The van der Waals surface area contributed by atoms with Crippen LogP contribution in [0.5, 0.6) is 0 Å². The summed E-state index contributed by atoms with van der Waals surface area (Å²) in [5.41, 5.74) is 1.31. The molecule has 0 aromatic heterocycles. The molecule has 0 saturated carbocycles. The Morgan fingerprint density at radius 1 is 1.39 bits per heavy atom. The number of morpholine rings is 1. The number of carboxylic acid groups (broad SMARTS) is 1. The van der Waals surface area contributed by atoms with Crippen molar-refractivity contribution in [3.63, 3.8) is 0 Å². The molecule has 0 bridgehead atoms. The Bertz CT molecular complexity index is 455. The van der Waals surface area contributed by atoms with Gasteiger partial charge in [0.25, 0.3) is 0 Å². The molecule has 0 radical (unpaired) electrons. The molecule has 6 heteroatoms. The van der Waals surface area contributed by atoms with Crippen molar-refractivity contribution in [2.75, 3.05) is 36.5 Å². The number of nitrogens with one attached hydrogen (secondary N) is 1. The van der Waals surface area contributed by atoms with E-state index in [0.717, 1.165) is 0 Å². The second-order valence-corrected chi connectivity index (χ2v) is 3.90. The molecule has 1 aliphatic rings. The maximum absolute atomic E-state index is 11.2. The Morgan fingerprint density at radius 3 is 2.72 bits per heavy atom. The van der Waals surface area contributed by atoms with E-state index in [9.17, 15) is 14.7 Å². The second kappa shape index (κ2) is 5.50. The first-order valence-corrected chi connectivity index (χ1v) is 5.62. The quantitative estimate of drug-likeness (QED) is 0.772. The minimum atomic E-state index is -1.01. The van der Waals surface area contributed by atoms with Crippen molar-refractivity contribution < 1.29 is 19.4 Å². The van der Waals surface area contributed by atoms with Crippen molar-refractivity contribution in [3.8, 4) is 0 Å². The standard InChI is InChI=1S/C12H14N2O4/c15-8-13-9-1-2-11(10(7-9)12(16)17)14-3-5-18-6-4-14/h1-2,7-8H,3-6H2,(H,13,15)(H,16,17). The first-order chi connectivity index (χ1) is 8.72. The summed E-state index contributed by atoms with van der Waals surface area (Å²) < 4.78 is 5.24. The van der Waals surface area contributed by atoms with Gasteiger partial charge in [0.15, 0.2) is 0 Å². The lowest BCUT2D eigenvalue weighted by molar-refractivity contribution is -0.105. The van der Waals surface area contributed by atoms with Crippen LogP contribution in [0.4, 0.5) is 11.4 Å². The van der Waals surface area contributed by atoms with E-state index < -0.39 is 5.97 Å². The lowest BCUT2D eigenvalue weighted by Gasteiger charge is -2.30. The van der Waals surface area contributed by atoms with Crippen LogP contribution in [0.1, 0.15) is 10.4 Å². The molecular weight excluding hydrogens is 236 g/mol. The number of hydrogen-bond donors (Lipinski definition) is 2. The smallest absolute Gasteiger partial charge is 0.337 e. The minimum absolute atomic E-state index is 0.184. The molecule has 2 rings (SSSR count). The molecule has 2 N–H and O–H groups in total. The van der Waals surface area contributed by atoms with Crippen molar-refractivity contribution in [2.24, 2.45) is 0 Å². The Balaban J connectivity index is 2.33. The van der Waals surface area contributed by atoms with Crippen LogP contribution >= 0.6 is 0 Å². The van der Waals surface area contributed by atoms with Gasteiger partial charge in [-0.15, -0.1) is 0 Å². The van der Waals surface area contributed by atoms with Gasteiger partial charge in [-0.05, 0) is 18.2 Å². The summed E-state index contributed by atoms with van der Waals surface area (Å²) in [7, 11) is 0. The fourth-order valence-corrected chi connectivity index (χ4v) is 1.95. The van der Waals surface area contributed by atoms with Crippen LogP contribution < -0.4 is 10.2 Å². The number of carboxylic acids is 1. The van der Waals surface area contributed by atoms with Gasteiger partial charge in [0.1, 0.15) is 0 Å². The van der Waals surface area contributed by atoms with E-state index in [1.165, 1.54) is 6.07 Å². The number of carbonyl (C=O) groups is 2. The Hall–Kier alpha value is -2.08. The van der Waals surface area contributed by atoms with E-state index in [0.29, 0.717) is 44.1 Å². The minimum Gasteiger partial charge on any atom is -0.478 e. The van der Waals surface area contributed by atoms with E-state index in [1.807, 2.05) is 4.90 Å². The van der Waals surface area contributed by atoms with Crippen molar-refractivity contribution in [2.45, 2.75) is 0 Å². The number of benzene rings is 1. The molecule has 6 nitrogen and oxygen atoms in total. The molecule has 1 fully saturated rings. The number of rotatable bonds is 4. The van der Waals surface area contributed by atoms with E-state index in [-0.39, 0.29) is 5.56 Å². The lowest BCUT2D eigenvalue weighted by atomic mass is 10.1. The molecule has 96 valence electrons. The van der Waals surface area contributed by atoms with Gasteiger partial charge in [-0.1, -0.05) is 0 Å². The van der Waals surface area contributed by atoms with E-state index in [2.05, 4.69) is 5.32 Å². The zero-order chi connectivity index (χ0) is 13.0. The van der Waals surface area contributed by atoms with Crippen molar-refractivity contribution in [3.05, 3.63) is 23.8 Å². The summed E-state index contributed by atoms with van der Waals surface area (Å²) in [6.07, 6.45) is 0.523. The topological polar surface area (TPSA) is 78.9 Å². The predicted octanol–water partition coefficient (Wildman–Crippen LogP) is 0.790. The molecule has 0 unspecified atom stereocenters. The van der Waals surface area contributed by atoms with Crippen LogP contribution in [0.3, 0.4) is 0 Å². The third-order valence-corrected chi connectivity index (χ3v) is 2.80. The largest absolute Gasteiger partial charge is 0.478 e. The van der Waals surface area contributed by atoms with Crippen LogP contribution in [0.2, 0.25) is 0 Å². The Morgan fingerprint density at radius 2 is 2.11 bits per heavy atom. The number of aromatic carboxylic acids is 1. The number of amides is 1. The third-order valence-electron chi connectivity index (χ3n) is 2.80. The Kier molecular flexibility index (Phi) is 3.78. The molecule has 0 spiro atoms. The van der Waals surface area contributed by atoms with E-state index in [4.69, 9.17) is 4.74 Å². The average Bonchev–Trinajstić information content (AvgIpc) is 2.40. The van der Waals surface area contributed by atoms with Gasteiger partial charge in [-0.25, -0.2) is 4.79 Å². The second-order valence-electron chi connectivity index (χ2n) is 3.90. The molecule has 1 heterocycles. The summed E-state index contributed by atoms with van der Waals surface area (Å²) in [6, 6.07) is 4.85. The highest BCUT2D eigenvalue weighted by atomic mass is 16.5. The molecule has 1 amide bonds. The van der Waals surface area contributed by atoms with Gasteiger partial charge in [0, 0.05) is 18.8 Å². The van der Waals surface area contributed by atoms with Crippen LogP contribution in [0.15, 0.2) is 18.2 Å². The van der Waals surface area contributed by atoms with Crippen molar-refractivity contribution in [1.82, 2.24) is 0 Å². The van der Waals surface area contributed by atoms with Crippen LogP contribution in [0, 0.1) is 0 Å². The van der Waals surface area contributed by atoms with Gasteiger partial charge in [0.05, 0.1) is 24.5 Å². The molecule has 18 heavy (non-hydrogen) atoms. The highest BCUT2D eigenvalue weighted by Crippen LogP contribution is 2.25. The summed E-state index contributed by atoms with van der Waals surface area (Å²) >= 11 is 0. The van der Waals surface area contributed by atoms with Crippen LogP contribution in [-0.2, 0) is 9.53 Å². The monoisotopic (exact) mass is 250 g/mol. The molecule has 1 saturated heterocycles. The summed E-state index contributed by atoms with van der Waals surface area (Å²) in [5, 5.41) is 11.7. The fourth-order valence-electron chi connectivity index (χ4n) is 1.95. The van der Waals surface area contributed by atoms with Gasteiger partial charge >= 0.3 is 5.97 Å². The number of anilines is 2. The molecule has 1 aromatic rings. The van der Waals surface area contributed by atoms with Crippen molar-refractivity contribution in [1.29, 1.82) is 0 Å². The molecule has 1 aromatic carbocycles. The molecule has 0 atom stereocenters. The lowest BCUT2D eigenvalue weighted by Crippen LogP contribution is -2.37. The van der Waals surface area contributed by atoms with Gasteiger partial charge < -0.3 is 20.1 Å². The number of nitrogens with zero attached hydrogens (tertiary/aromatic N) is 1. The average molecular weight is 250 g/mol. The highest BCUT2D eigenvalue weighted by Gasteiger charge is 2.18. The maximum atomic E-state index is 11.2. The van der Waals surface area contributed by atoms with E-state index >= 15 is 0 Å². The molecule has 1 aliphatic heterocycles.